The van der Waals surface area contributed by atoms with E-state index in [0.717, 1.165) is 24.8 Å². The molecule has 0 atom stereocenters. The lowest BCUT2D eigenvalue weighted by atomic mass is 9.97. The summed E-state index contributed by atoms with van der Waals surface area (Å²) in [6.45, 7) is 2.13. The highest BCUT2D eigenvalue weighted by atomic mass is 16.7. The summed E-state index contributed by atoms with van der Waals surface area (Å²) in [4.78, 5) is 23.7. The van der Waals surface area contributed by atoms with Crippen molar-refractivity contribution in [2.45, 2.75) is 26.2 Å². The van der Waals surface area contributed by atoms with Gasteiger partial charge < -0.3 is 18.9 Å². The smallest absolute Gasteiger partial charge is 0.437 e. The number of aryl methyl sites for hydroxylation is 1. The van der Waals surface area contributed by atoms with E-state index in [1.54, 1.807) is 12.1 Å². The van der Waals surface area contributed by atoms with Gasteiger partial charge in [-0.15, -0.1) is 0 Å². The standard InChI is InChI=1S/C22H22O6/c1-4-5-8-14-11-12-17-18(13-14)20(28-22(24)26-3)16-10-7-6-9-15(16)19(17)27-21(23)25-2/h6-7,9-13H,4-5,8H2,1-3H3. The van der Waals surface area contributed by atoms with Crippen LogP contribution < -0.4 is 9.47 Å². The molecule has 3 aromatic carbocycles. The molecule has 0 aliphatic rings. The molecule has 6 heteroatoms. The van der Waals surface area contributed by atoms with Crippen LogP contribution in [0.25, 0.3) is 21.5 Å². The first kappa shape index (κ1) is 19.5. The first-order valence-electron chi connectivity index (χ1n) is 9.08. The Morgan fingerprint density at radius 1 is 0.786 bits per heavy atom. The average molecular weight is 382 g/mol. The molecule has 0 aromatic heterocycles. The molecule has 28 heavy (non-hydrogen) atoms. The minimum atomic E-state index is -0.817. The third kappa shape index (κ3) is 3.86. The lowest BCUT2D eigenvalue weighted by Crippen LogP contribution is -2.10. The van der Waals surface area contributed by atoms with Gasteiger partial charge in [-0.05, 0) is 24.5 Å². The molecule has 6 nitrogen and oxygen atoms in total. The van der Waals surface area contributed by atoms with Gasteiger partial charge in [-0.2, -0.15) is 0 Å². The number of hydrogen-bond acceptors (Lipinski definition) is 6. The maximum atomic E-state index is 11.9. The van der Waals surface area contributed by atoms with Gasteiger partial charge in [0.05, 0.1) is 14.2 Å². The molecule has 3 aromatic rings. The van der Waals surface area contributed by atoms with Crippen molar-refractivity contribution < 1.29 is 28.5 Å². The number of hydrogen-bond donors (Lipinski definition) is 0. The number of unbranched alkanes of at least 4 members (excludes halogenated alkanes) is 1. The van der Waals surface area contributed by atoms with Crippen LogP contribution in [-0.4, -0.2) is 26.5 Å². The van der Waals surface area contributed by atoms with E-state index in [9.17, 15) is 9.59 Å². The molecule has 0 saturated heterocycles. The fraction of sp³-hybridized carbons (Fsp3) is 0.273. The predicted octanol–water partition coefficient (Wildman–Crippen LogP) is 5.63. The van der Waals surface area contributed by atoms with Gasteiger partial charge in [0.1, 0.15) is 11.5 Å². The Kier molecular flexibility index (Phi) is 5.99. The third-order valence-corrected chi connectivity index (χ3v) is 4.51. The molecular formula is C22H22O6. The van der Waals surface area contributed by atoms with E-state index in [1.165, 1.54) is 14.2 Å². The van der Waals surface area contributed by atoms with Crippen molar-refractivity contribution in [1.82, 2.24) is 0 Å². The van der Waals surface area contributed by atoms with Gasteiger partial charge in [0.2, 0.25) is 0 Å². The zero-order chi connectivity index (χ0) is 20.1. The monoisotopic (exact) mass is 382 g/mol. The normalized spacial score (nSPS) is 10.7. The second-order valence-electron chi connectivity index (χ2n) is 6.30. The summed E-state index contributed by atoms with van der Waals surface area (Å²) < 4.78 is 20.3. The summed E-state index contributed by atoms with van der Waals surface area (Å²) in [7, 11) is 2.51. The van der Waals surface area contributed by atoms with E-state index < -0.39 is 12.3 Å². The number of ether oxygens (including phenoxy) is 4. The van der Waals surface area contributed by atoms with E-state index in [1.807, 2.05) is 30.3 Å². The number of carbonyl (C=O) groups is 2. The molecule has 0 N–H and O–H groups in total. The summed E-state index contributed by atoms with van der Waals surface area (Å²) in [5, 5.41) is 2.56. The Morgan fingerprint density at radius 2 is 1.32 bits per heavy atom. The fourth-order valence-electron chi connectivity index (χ4n) is 3.15. The van der Waals surface area contributed by atoms with Crippen molar-refractivity contribution in [3.05, 3.63) is 48.0 Å². The Labute approximate surface area is 162 Å². The zero-order valence-corrected chi connectivity index (χ0v) is 16.1. The van der Waals surface area contributed by atoms with Gasteiger partial charge in [0.15, 0.2) is 0 Å². The maximum absolute atomic E-state index is 11.9. The summed E-state index contributed by atoms with van der Waals surface area (Å²) >= 11 is 0. The minimum Gasteiger partial charge on any atom is -0.437 e. The molecule has 0 amide bonds. The van der Waals surface area contributed by atoms with Crippen LogP contribution in [0.5, 0.6) is 11.5 Å². The second-order valence-corrected chi connectivity index (χ2v) is 6.30. The lowest BCUT2D eigenvalue weighted by Gasteiger charge is -2.16. The van der Waals surface area contributed by atoms with Crippen molar-refractivity contribution >= 4 is 33.9 Å². The minimum absolute atomic E-state index is 0.358. The molecule has 0 spiro atoms. The Morgan fingerprint density at radius 3 is 1.86 bits per heavy atom. The van der Waals surface area contributed by atoms with Crippen molar-refractivity contribution in [2.24, 2.45) is 0 Å². The molecule has 0 saturated carbocycles. The third-order valence-electron chi connectivity index (χ3n) is 4.51. The van der Waals surface area contributed by atoms with Crippen LogP contribution in [0.4, 0.5) is 9.59 Å². The van der Waals surface area contributed by atoms with Crippen LogP contribution in [0.3, 0.4) is 0 Å². The quantitative estimate of drug-likeness (QED) is 0.324. The summed E-state index contributed by atoms with van der Waals surface area (Å²) in [6, 6.07) is 13.0. The zero-order valence-electron chi connectivity index (χ0n) is 16.1. The van der Waals surface area contributed by atoms with E-state index in [-0.39, 0.29) is 0 Å². The average Bonchev–Trinajstić information content (AvgIpc) is 2.73. The van der Waals surface area contributed by atoms with Gasteiger partial charge in [-0.25, -0.2) is 9.59 Å². The van der Waals surface area contributed by atoms with Crippen LogP contribution in [0.1, 0.15) is 25.3 Å². The summed E-state index contributed by atoms with van der Waals surface area (Å²) in [6.07, 6.45) is 1.37. The first-order valence-corrected chi connectivity index (χ1v) is 9.08. The Bertz CT molecular complexity index is 1020. The molecule has 0 fully saturated rings. The number of rotatable bonds is 5. The van der Waals surface area contributed by atoms with E-state index >= 15 is 0 Å². The molecule has 0 aliphatic carbocycles. The Hall–Kier alpha value is -3.28. The van der Waals surface area contributed by atoms with Gasteiger partial charge in [0.25, 0.3) is 0 Å². The van der Waals surface area contributed by atoms with Crippen molar-refractivity contribution in [3.8, 4) is 11.5 Å². The SMILES string of the molecule is CCCCc1ccc2c(OC(=O)OC)c3ccccc3c(OC(=O)OC)c2c1. The van der Waals surface area contributed by atoms with E-state index in [2.05, 4.69) is 11.7 Å². The number of methoxy groups -OCH3 is 2. The molecule has 0 bridgehead atoms. The van der Waals surface area contributed by atoms with Crippen LogP contribution >= 0.6 is 0 Å². The second kappa shape index (κ2) is 8.61. The van der Waals surface area contributed by atoms with Gasteiger partial charge in [-0.3, -0.25) is 0 Å². The van der Waals surface area contributed by atoms with Gasteiger partial charge in [0, 0.05) is 21.5 Å². The fourth-order valence-corrected chi connectivity index (χ4v) is 3.15. The van der Waals surface area contributed by atoms with Crippen LogP contribution in [0, 0.1) is 0 Å². The lowest BCUT2D eigenvalue weighted by molar-refractivity contribution is 0.120. The summed E-state index contributed by atoms with van der Waals surface area (Å²) in [5.74, 6) is 0.727. The van der Waals surface area contributed by atoms with Crippen LogP contribution in [-0.2, 0) is 15.9 Å². The van der Waals surface area contributed by atoms with E-state index in [0.29, 0.717) is 33.0 Å². The van der Waals surface area contributed by atoms with E-state index in [4.69, 9.17) is 14.2 Å². The highest BCUT2D eigenvalue weighted by molar-refractivity contribution is 6.12. The Balaban J connectivity index is 2.32. The van der Waals surface area contributed by atoms with Crippen LogP contribution in [0.2, 0.25) is 0 Å². The van der Waals surface area contributed by atoms with Crippen molar-refractivity contribution in [1.29, 1.82) is 0 Å². The highest BCUT2D eigenvalue weighted by Gasteiger charge is 2.20. The molecule has 0 heterocycles. The summed E-state index contributed by atoms with van der Waals surface area (Å²) in [5.41, 5.74) is 1.10. The maximum Gasteiger partial charge on any atom is 0.513 e. The number of fused-ring (bicyclic) bond motifs is 2. The number of carbonyl (C=O) groups excluding carboxylic acids is 2. The molecule has 0 radical (unpaired) electrons. The van der Waals surface area contributed by atoms with Crippen molar-refractivity contribution in [3.63, 3.8) is 0 Å². The van der Waals surface area contributed by atoms with Gasteiger partial charge in [-0.1, -0.05) is 49.7 Å². The van der Waals surface area contributed by atoms with Gasteiger partial charge >= 0.3 is 12.3 Å². The van der Waals surface area contributed by atoms with Crippen LogP contribution in [0.15, 0.2) is 42.5 Å². The van der Waals surface area contributed by atoms with Crippen molar-refractivity contribution in [2.75, 3.05) is 14.2 Å². The molecule has 0 unspecified atom stereocenters. The highest BCUT2D eigenvalue weighted by Crippen LogP contribution is 2.43. The largest absolute Gasteiger partial charge is 0.513 e. The molecule has 3 rings (SSSR count). The topological polar surface area (TPSA) is 71.1 Å². The number of benzene rings is 3. The molecule has 146 valence electrons. The molecular weight excluding hydrogens is 360 g/mol. The molecule has 0 aliphatic heterocycles. The predicted molar refractivity (Wildman–Crippen MR) is 106 cm³/mol. The first-order chi connectivity index (χ1) is 13.6.